The van der Waals surface area contributed by atoms with Crippen molar-refractivity contribution >= 4 is 23.3 Å². The van der Waals surface area contributed by atoms with Gasteiger partial charge in [0.15, 0.2) is 0 Å². The average molecular weight is 399 g/mol. The zero-order valence-corrected chi connectivity index (χ0v) is 17.1. The standard InChI is InChI=1S/C21H23ClN4O2/c1-14(16-10-12-17(22)13-11-16)24(3)21(28)23-19-15(2)25(4)26(20(19)27)18-8-6-5-7-9-18/h5-14H,1-4H3,(H,23,28)/t14-/m1/s1. The molecule has 2 amide bonds. The minimum atomic E-state index is -0.353. The Bertz CT molecular complexity index is 1040. The normalized spacial score (nSPS) is 11.9. The van der Waals surface area contributed by atoms with E-state index >= 15 is 0 Å². The maximum Gasteiger partial charge on any atom is 0.322 e. The molecule has 2 aromatic carbocycles. The van der Waals surface area contributed by atoms with Crippen molar-refractivity contribution in [1.82, 2.24) is 14.3 Å². The summed E-state index contributed by atoms with van der Waals surface area (Å²) < 4.78 is 3.27. The lowest BCUT2D eigenvalue weighted by Gasteiger charge is -2.25. The first-order valence-electron chi connectivity index (χ1n) is 8.94. The Hall–Kier alpha value is -2.99. The molecule has 0 fully saturated rings. The van der Waals surface area contributed by atoms with Gasteiger partial charge in [0.2, 0.25) is 0 Å². The van der Waals surface area contributed by atoms with Gasteiger partial charge in [-0.05, 0) is 43.7 Å². The molecule has 3 aromatic rings. The molecule has 0 saturated heterocycles. The quantitative estimate of drug-likeness (QED) is 0.709. The van der Waals surface area contributed by atoms with E-state index in [4.69, 9.17) is 11.6 Å². The first-order valence-corrected chi connectivity index (χ1v) is 9.32. The van der Waals surface area contributed by atoms with Crippen LogP contribution in [0.4, 0.5) is 10.5 Å². The summed E-state index contributed by atoms with van der Waals surface area (Å²) in [5.41, 5.74) is 2.36. The predicted molar refractivity (Wildman–Crippen MR) is 112 cm³/mol. The molecule has 146 valence electrons. The van der Waals surface area contributed by atoms with Crippen LogP contribution in [0.3, 0.4) is 0 Å². The van der Waals surface area contributed by atoms with Gasteiger partial charge >= 0.3 is 6.03 Å². The van der Waals surface area contributed by atoms with Crippen LogP contribution < -0.4 is 10.9 Å². The number of nitrogens with one attached hydrogen (secondary N) is 1. The monoisotopic (exact) mass is 398 g/mol. The second-order valence-electron chi connectivity index (χ2n) is 6.71. The molecule has 0 aliphatic heterocycles. The van der Waals surface area contributed by atoms with Crippen molar-refractivity contribution in [2.45, 2.75) is 19.9 Å². The van der Waals surface area contributed by atoms with E-state index in [9.17, 15) is 9.59 Å². The number of anilines is 1. The molecule has 1 atom stereocenters. The first kappa shape index (κ1) is 19.8. The van der Waals surface area contributed by atoms with Crippen molar-refractivity contribution in [1.29, 1.82) is 0 Å². The molecule has 3 rings (SSSR count). The lowest BCUT2D eigenvalue weighted by molar-refractivity contribution is 0.208. The molecule has 6 nitrogen and oxygen atoms in total. The number of hydrogen-bond acceptors (Lipinski definition) is 2. The number of urea groups is 1. The second kappa shape index (κ2) is 7.94. The topological polar surface area (TPSA) is 59.3 Å². The molecule has 0 radical (unpaired) electrons. The van der Waals surface area contributed by atoms with Gasteiger partial charge < -0.3 is 10.2 Å². The van der Waals surface area contributed by atoms with Gasteiger partial charge in [-0.1, -0.05) is 41.9 Å². The summed E-state index contributed by atoms with van der Waals surface area (Å²) in [6, 6.07) is 16.1. The van der Waals surface area contributed by atoms with Gasteiger partial charge in [-0.3, -0.25) is 9.48 Å². The van der Waals surface area contributed by atoms with Crippen LogP contribution in [0.25, 0.3) is 5.69 Å². The van der Waals surface area contributed by atoms with E-state index in [1.165, 1.54) is 4.68 Å². The average Bonchev–Trinajstić information content (AvgIpc) is 2.91. The highest BCUT2D eigenvalue weighted by molar-refractivity contribution is 6.30. The molecule has 1 heterocycles. The Morgan fingerprint density at radius 3 is 2.32 bits per heavy atom. The van der Waals surface area contributed by atoms with Crippen molar-refractivity contribution in [3.63, 3.8) is 0 Å². The number of nitrogens with zero attached hydrogens (tertiary/aromatic N) is 3. The Kier molecular flexibility index (Phi) is 5.61. The Morgan fingerprint density at radius 2 is 1.71 bits per heavy atom. The van der Waals surface area contributed by atoms with Crippen LogP contribution in [0, 0.1) is 6.92 Å². The highest BCUT2D eigenvalue weighted by Crippen LogP contribution is 2.22. The minimum absolute atomic E-state index is 0.183. The van der Waals surface area contributed by atoms with Crippen molar-refractivity contribution < 1.29 is 4.79 Å². The second-order valence-corrected chi connectivity index (χ2v) is 7.14. The fraction of sp³-hybridized carbons (Fsp3) is 0.238. The van der Waals surface area contributed by atoms with E-state index in [1.807, 2.05) is 49.4 Å². The van der Waals surface area contributed by atoms with Gasteiger partial charge in [-0.2, -0.15) is 0 Å². The number of amides is 2. The van der Waals surface area contributed by atoms with E-state index in [-0.39, 0.29) is 23.3 Å². The summed E-state index contributed by atoms with van der Waals surface area (Å²) >= 11 is 5.94. The van der Waals surface area contributed by atoms with E-state index in [2.05, 4.69) is 5.32 Å². The molecule has 0 saturated carbocycles. The number of carbonyl (C=O) groups excluding carboxylic acids is 1. The van der Waals surface area contributed by atoms with Gasteiger partial charge in [0, 0.05) is 19.1 Å². The zero-order valence-electron chi connectivity index (χ0n) is 16.3. The lowest BCUT2D eigenvalue weighted by Crippen LogP contribution is -2.35. The summed E-state index contributed by atoms with van der Waals surface area (Å²) in [7, 11) is 3.49. The summed E-state index contributed by atoms with van der Waals surface area (Å²) in [6.07, 6.45) is 0. The van der Waals surface area contributed by atoms with Crippen LogP contribution >= 0.6 is 11.6 Å². The molecule has 0 spiro atoms. The summed E-state index contributed by atoms with van der Waals surface area (Å²) in [4.78, 5) is 27.3. The van der Waals surface area contributed by atoms with Gasteiger partial charge in [-0.15, -0.1) is 0 Å². The Labute approximate surface area is 168 Å². The van der Waals surface area contributed by atoms with Crippen LogP contribution in [0.2, 0.25) is 5.02 Å². The number of carbonyl (C=O) groups is 1. The lowest BCUT2D eigenvalue weighted by atomic mass is 10.1. The maximum atomic E-state index is 12.9. The molecular weight excluding hydrogens is 376 g/mol. The third kappa shape index (κ3) is 3.68. The molecule has 7 heteroatoms. The van der Waals surface area contributed by atoms with Crippen molar-refractivity contribution in [2.75, 3.05) is 12.4 Å². The minimum Gasteiger partial charge on any atom is -0.321 e. The maximum absolute atomic E-state index is 12.9. The predicted octanol–water partition coefficient (Wildman–Crippen LogP) is 4.36. The van der Waals surface area contributed by atoms with Crippen LogP contribution in [0.5, 0.6) is 0 Å². The summed E-state index contributed by atoms with van der Waals surface area (Å²) in [5.74, 6) is 0. The molecule has 1 aromatic heterocycles. The molecule has 0 aliphatic carbocycles. The van der Waals surface area contributed by atoms with E-state index in [1.54, 1.807) is 42.7 Å². The highest BCUT2D eigenvalue weighted by Gasteiger charge is 2.22. The summed E-state index contributed by atoms with van der Waals surface area (Å²) in [6.45, 7) is 3.72. The molecule has 1 N–H and O–H groups in total. The van der Waals surface area contributed by atoms with Crippen LogP contribution in [0.15, 0.2) is 59.4 Å². The molecule has 0 bridgehead atoms. The van der Waals surface area contributed by atoms with E-state index < -0.39 is 0 Å². The van der Waals surface area contributed by atoms with Crippen molar-refractivity contribution in [3.05, 3.63) is 81.2 Å². The summed E-state index contributed by atoms with van der Waals surface area (Å²) in [5, 5.41) is 3.42. The van der Waals surface area contributed by atoms with Gasteiger partial charge in [0.1, 0.15) is 5.69 Å². The number of rotatable bonds is 4. The third-order valence-electron chi connectivity index (χ3n) is 5.04. The van der Waals surface area contributed by atoms with E-state index in [0.29, 0.717) is 10.7 Å². The molecule has 0 aliphatic rings. The fourth-order valence-corrected chi connectivity index (χ4v) is 3.17. The number of aromatic nitrogens is 2. The number of benzene rings is 2. The van der Waals surface area contributed by atoms with Crippen LogP contribution in [0.1, 0.15) is 24.2 Å². The van der Waals surface area contributed by atoms with Gasteiger partial charge in [-0.25, -0.2) is 9.48 Å². The zero-order chi connectivity index (χ0) is 20.4. The molecule has 0 unspecified atom stereocenters. The Morgan fingerprint density at radius 1 is 1.11 bits per heavy atom. The van der Waals surface area contributed by atoms with Crippen LogP contribution in [-0.4, -0.2) is 27.3 Å². The number of hydrogen-bond donors (Lipinski definition) is 1. The van der Waals surface area contributed by atoms with Crippen LogP contribution in [-0.2, 0) is 7.05 Å². The smallest absolute Gasteiger partial charge is 0.321 e. The number of halogens is 1. The SMILES string of the molecule is Cc1c(NC(=O)N(C)[C@H](C)c2ccc(Cl)cc2)c(=O)n(-c2ccccc2)n1C. The first-order chi connectivity index (χ1) is 13.3. The fourth-order valence-electron chi connectivity index (χ4n) is 3.05. The van der Waals surface area contributed by atoms with Crippen molar-refractivity contribution in [3.8, 4) is 5.69 Å². The molecule has 28 heavy (non-hydrogen) atoms. The van der Waals surface area contributed by atoms with Gasteiger partial charge in [0.05, 0.1) is 17.4 Å². The third-order valence-corrected chi connectivity index (χ3v) is 5.29. The number of para-hydroxylation sites is 1. The Balaban J connectivity index is 1.86. The van der Waals surface area contributed by atoms with E-state index in [0.717, 1.165) is 11.3 Å². The highest BCUT2D eigenvalue weighted by atomic mass is 35.5. The van der Waals surface area contributed by atoms with Gasteiger partial charge in [0.25, 0.3) is 5.56 Å². The molecular formula is C21H23ClN4O2. The largest absolute Gasteiger partial charge is 0.322 e. The van der Waals surface area contributed by atoms with Crippen molar-refractivity contribution in [2.24, 2.45) is 7.05 Å².